The number of hydrogen-bond acceptors (Lipinski definition) is 5. The Morgan fingerprint density at radius 1 is 1.19 bits per heavy atom. The highest BCUT2D eigenvalue weighted by molar-refractivity contribution is 7.80. The minimum absolute atomic E-state index is 0.0226. The van der Waals surface area contributed by atoms with Gasteiger partial charge >= 0.3 is 11.9 Å². The second kappa shape index (κ2) is 8.12. The van der Waals surface area contributed by atoms with Gasteiger partial charge in [-0.1, -0.05) is 18.2 Å². The van der Waals surface area contributed by atoms with Gasteiger partial charge in [-0.05, 0) is 37.1 Å². The van der Waals surface area contributed by atoms with Crippen molar-refractivity contribution in [2.75, 3.05) is 5.75 Å². The Bertz CT molecular complexity index is 680. The topological polar surface area (TPSA) is 83.9 Å². The molecule has 2 bridgehead atoms. The fraction of sp³-hybridized carbons (Fsp3) is 0.526. The van der Waals surface area contributed by atoms with Crippen LogP contribution in [0, 0.1) is 5.92 Å². The van der Waals surface area contributed by atoms with E-state index in [1.54, 1.807) is 35.2 Å². The van der Waals surface area contributed by atoms with Crippen LogP contribution >= 0.6 is 12.6 Å². The van der Waals surface area contributed by atoms with Crippen molar-refractivity contribution in [3.63, 3.8) is 0 Å². The predicted octanol–water partition coefficient (Wildman–Crippen LogP) is 2.39. The highest BCUT2D eigenvalue weighted by Crippen LogP contribution is 2.41. The minimum atomic E-state index is -1.02. The zero-order chi connectivity index (χ0) is 18.7. The number of fused-ring (bicyclic) bond motifs is 2. The molecule has 2 aliphatic heterocycles. The Hall–Kier alpha value is -2.02. The number of carboxylic acids is 1. The van der Waals surface area contributed by atoms with Gasteiger partial charge in [-0.2, -0.15) is 12.6 Å². The maximum Gasteiger partial charge on any atom is 0.338 e. The predicted molar refractivity (Wildman–Crippen MR) is 98.1 cm³/mol. The molecule has 7 heteroatoms. The number of carboxylic acid groups (broad SMARTS) is 1. The molecule has 0 radical (unpaired) electrons. The van der Waals surface area contributed by atoms with E-state index < -0.39 is 30.0 Å². The van der Waals surface area contributed by atoms with Crippen LogP contribution in [-0.4, -0.2) is 51.8 Å². The molecule has 26 heavy (non-hydrogen) atoms. The van der Waals surface area contributed by atoms with Gasteiger partial charge in [0.05, 0.1) is 5.56 Å². The normalized spacial score (nSPS) is 27.2. The number of ether oxygens (including phenoxy) is 1. The van der Waals surface area contributed by atoms with Crippen molar-refractivity contribution in [1.82, 2.24) is 4.90 Å². The lowest BCUT2D eigenvalue weighted by atomic mass is 9.87. The molecule has 0 aromatic heterocycles. The van der Waals surface area contributed by atoms with Crippen LogP contribution in [0.2, 0.25) is 0 Å². The molecule has 0 saturated carbocycles. The molecular weight excluding hydrogens is 354 g/mol. The lowest BCUT2D eigenvalue weighted by Gasteiger charge is -2.42. The molecule has 6 nitrogen and oxygen atoms in total. The van der Waals surface area contributed by atoms with Gasteiger partial charge in [0.2, 0.25) is 5.91 Å². The first kappa shape index (κ1) is 18.8. The number of nitrogens with zero attached hydrogens (tertiary/aromatic N) is 1. The maximum atomic E-state index is 12.5. The third-order valence-corrected chi connectivity index (χ3v) is 5.57. The fourth-order valence-electron chi connectivity index (χ4n) is 4.13. The molecular formula is C19H23NO5S. The molecule has 0 spiro atoms. The van der Waals surface area contributed by atoms with Gasteiger partial charge in [0, 0.05) is 24.9 Å². The lowest BCUT2D eigenvalue weighted by molar-refractivity contribution is -0.157. The summed E-state index contributed by atoms with van der Waals surface area (Å²) in [5.41, 5.74) is 0.399. The summed E-state index contributed by atoms with van der Waals surface area (Å²) in [5.74, 6) is -1.83. The smallest absolute Gasteiger partial charge is 0.338 e. The van der Waals surface area contributed by atoms with Crippen LogP contribution in [0.5, 0.6) is 0 Å². The van der Waals surface area contributed by atoms with Crippen molar-refractivity contribution >= 4 is 30.5 Å². The first-order chi connectivity index (χ1) is 12.5. The molecule has 0 unspecified atom stereocenters. The summed E-state index contributed by atoms with van der Waals surface area (Å²) in [6.45, 7) is 0. The van der Waals surface area contributed by atoms with Crippen molar-refractivity contribution in [1.29, 1.82) is 0 Å². The monoisotopic (exact) mass is 377 g/mol. The van der Waals surface area contributed by atoms with Crippen molar-refractivity contribution in [3.8, 4) is 0 Å². The molecule has 2 heterocycles. The molecule has 140 valence electrons. The number of esters is 1. The Labute approximate surface area is 157 Å². The molecule has 3 rings (SSSR count). The Morgan fingerprint density at radius 3 is 2.58 bits per heavy atom. The van der Waals surface area contributed by atoms with Gasteiger partial charge in [-0.3, -0.25) is 9.59 Å². The van der Waals surface area contributed by atoms with E-state index >= 15 is 0 Å². The van der Waals surface area contributed by atoms with E-state index in [-0.39, 0.29) is 11.9 Å². The van der Waals surface area contributed by atoms with Crippen molar-refractivity contribution in [2.45, 2.75) is 50.3 Å². The second-order valence-corrected chi connectivity index (χ2v) is 7.28. The van der Waals surface area contributed by atoms with Crippen LogP contribution in [-0.2, 0) is 14.3 Å². The highest BCUT2D eigenvalue weighted by Gasteiger charge is 2.53. The van der Waals surface area contributed by atoms with E-state index in [0.29, 0.717) is 37.0 Å². The summed E-state index contributed by atoms with van der Waals surface area (Å²) in [4.78, 5) is 38.5. The molecule has 1 aromatic carbocycles. The lowest BCUT2D eigenvalue weighted by Crippen LogP contribution is -2.56. The number of piperidine rings is 1. The molecule has 2 aliphatic rings. The molecule has 1 aromatic rings. The fourth-order valence-corrected chi connectivity index (χ4v) is 4.29. The van der Waals surface area contributed by atoms with Crippen molar-refractivity contribution in [2.24, 2.45) is 5.92 Å². The number of carbonyl (C=O) groups is 3. The van der Waals surface area contributed by atoms with E-state index in [1.165, 1.54) is 0 Å². The van der Waals surface area contributed by atoms with Crippen LogP contribution in [0.25, 0.3) is 0 Å². The van der Waals surface area contributed by atoms with E-state index in [4.69, 9.17) is 4.74 Å². The number of amides is 1. The van der Waals surface area contributed by atoms with Crippen LogP contribution in [0.1, 0.15) is 42.5 Å². The zero-order valence-corrected chi connectivity index (χ0v) is 15.3. The molecule has 2 fully saturated rings. The summed E-state index contributed by atoms with van der Waals surface area (Å²) in [7, 11) is 0. The number of rotatable bonds is 6. The quantitative estimate of drug-likeness (QED) is 0.587. The molecule has 0 aliphatic carbocycles. The van der Waals surface area contributed by atoms with E-state index in [2.05, 4.69) is 12.6 Å². The SMILES string of the molecule is O=C(O[C@H]1C[C@@H]2CC[C@H]([C@H]1C(=O)O)N2C(=O)CCCS)c1ccccc1. The first-order valence-corrected chi connectivity index (χ1v) is 9.57. The second-order valence-electron chi connectivity index (χ2n) is 6.84. The van der Waals surface area contributed by atoms with Crippen LogP contribution in [0.3, 0.4) is 0 Å². The first-order valence-electron chi connectivity index (χ1n) is 8.93. The summed E-state index contributed by atoms with van der Waals surface area (Å²) in [6, 6.07) is 8.08. The number of thiol groups is 1. The number of carbonyl (C=O) groups excluding carboxylic acids is 2. The molecule has 2 saturated heterocycles. The summed E-state index contributed by atoms with van der Waals surface area (Å²) >= 11 is 4.13. The van der Waals surface area contributed by atoms with Crippen LogP contribution in [0.15, 0.2) is 30.3 Å². The number of hydrogen-bond donors (Lipinski definition) is 2. The maximum absolute atomic E-state index is 12.5. The molecule has 4 atom stereocenters. The average molecular weight is 377 g/mol. The Morgan fingerprint density at radius 2 is 1.92 bits per heavy atom. The summed E-state index contributed by atoms with van der Waals surface area (Å²) in [6.07, 6.45) is 2.08. The number of aliphatic carboxylic acids is 1. The molecule has 1 N–H and O–H groups in total. The largest absolute Gasteiger partial charge is 0.481 e. The van der Waals surface area contributed by atoms with Crippen molar-refractivity contribution < 1.29 is 24.2 Å². The van der Waals surface area contributed by atoms with E-state index in [1.807, 2.05) is 0 Å². The van der Waals surface area contributed by atoms with Gasteiger partial charge in [-0.25, -0.2) is 4.79 Å². The third-order valence-electron chi connectivity index (χ3n) is 5.26. The van der Waals surface area contributed by atoms with Gasteiger partial charge in [0.15, 0.2) is 0 Å². The van der Waals surface area contributed by atoms with Crippen LogP contribution in [0.4, 0.5) is 0 Å². The Kier molecular flexibility index (Phi) is 5.86. The van der Waals surface area contributed by atoms with E-state index in [9.17, 15) is 19.5 Å². The van der Waals surface area contributed by atoms with Crippen molar-refractivity contribution in [3.05, 3.63) is 35.9 Å². The Balaban J connectivity index is 1.76. The summed E-state index contributed by atoms with van der Waals surface area (Å²) in [5, 5.41) is 9.75. The third kappa shape index (κ3) is 3.72. The highest BCUT2D eigenvalue weighted by atomic mass is 32.1. The van der Waals surface area contributed by atoms with E-state index in [0.717, 1.165) is 6.42 Å². The van der Waals surface area contributed by atoms with Gasteiger partial charge < -0.3 is 14.7 Å². The standard InChI is InChI=1S/C19H23NO5S/c21-16(7-4-10-26)20-13-8-9-14(20)17(18(22)23)15(11-13)25-19(24)12-5-2-1-3-6-12/h1-3,5-6,13-15,17,26H,4,7-11H2,(H,22,23)/t13-,14+,15-,17+/m0/s1. The van der Waals surface area contributed by atoms with Crippen LogP contribution < -0.4 is 0 Å². The number of benzene rings is 1. The summed E-state index contributed by atoms with van der Waals surface area (Å²) < 4.78 is 5.57. The zero-order valence-electron chi connectivity index (χ0n) is 14.4. The minimum Gasteiger partial charge on any atom is -0.481 e. The van der Waals surface area contributed by atoms with Gasteiger partial charge in [0.1, 0.15) is 12.0 Å². The van der Waals surface area contributed by atoms with Gasteiger partial charge in [-0.15, -0.1) is 0 Å². The molecule has 1 amide bonds. The average Bonchev–Trinajstić information content (AvgIpc) is 2.94. The van der Waals surface area contributed by atoms with Gasteiger partial charge in [0.25, 0.3) is 0 Å².